The SMILES string of the molecule is CC(C)OCCNc1sc(C(=O)C(C)C)c(N)c1C#N. The van der Waals surface area contributed by atoms with Crippen LogP contribution in [0, 0.1) is 17.2 Å². The molecule has 1 aromatic rings. The van der Waals surface area contributed by atoms with Gasteiger partial charge in [0.15, 0.2) is 5.78 Å². The number of ketones is 1. The van der Waals surface area contributed by atoms with Crippen LogP contribution in [0.3, 0.4) is 0 Å². The van der Waals surface area contributed by atoms with Gasteiger partial charge in [-0.1, -0.05) is 13.8 Å². The molecule has 3 N–H and O–H groups in total. The summed E-state index contributed by atoms with van der Waals surface area (Å²) >= 11 is 1.24. The van der Waals surface area contributed by atoms with Gasteiger partial charge >= 0.3 is 0 Å². The molecular weight excluding hydrogens is 274 g/mol. The summed E-state index contributed by atoms with van der Waals surface area (Å²) < 4.78 is 5.42. The van der Waals surface area contributed by atoms with E-state index in [1.807, 2.05) is 27.7 Å². The van der Waals surface area contributed by atoms with Gasteiger partial charge in [0.1, 0.15) is 16.6 Å². The molecule has 0 fully saturated rings. The second-order valence-corrected chi connectivity index (χ2v) is 6.05. The van der Waals surface area contributed by atoms with Crippen molar-refractivity contribution in [1.82, 2.24) is 0 Å². The molecule has 0 saturated carbocycles. The molecule has 5 nitrogen and oxygen atoms in total. The molecule has 110 valence electrons. The van der Waals surface area contributed by atoms with Gasteiger partial charge < -0.3 is 15.8 Å². The summed E-state index contributed by atoms with van der Waals surface area (Å²) in [5, 5.41) is 12.9. The molecule has 0 aliphatic rings. The van der Waals surface area contributed by atoms with Crippen molar-refractivity contribution < 1.29 is 9.53 Å². The Kier molecular flexibility index (Phi) is 5.99. The highest BCUT2D eigenvalue weighted by molar-refractivity contribution is 7.19. The van der Waals surface area contributed by atoms with Crippen LogP contribution in [0.5, 0.6) is 0 Å². The van der Waals surface area contributed by atoms with E-state index in [1.54, 1.807) is 0 Å². The molecule has 0 bridgehead atoms. The van der Waals surface area contributed by atoms with Crippen molar-refractivity contribution in [3.63, 3.8) is 0 Å². The van der Waals surface area contributed by atoms with Crippen LogP contribution in [-0.4, -0.2) is 25.0 Å². The second kappa shape index (κ2) is 7.27. The summed E-state index contributed by atoms with van der Waals surface area (Å²) in [5.74, 6) is -0.171. The lowest BCUT2D eigenvalue weighted by Gasteiger charge is -2.08. The van der Waals surface area contributed by atoms with Crippen LogP contribution < -0.4 is 11.1 Å². The van der Waals surface area contributed by atoms with E-state index in [1.165, 1.54) is 11.3 Å². The molecule has 1 aromatic heterocycles. The summed E-state index contributed by atoms with van der Waals surface area (Å²) in [6, 6.07) is 2.06. The zero-order valence-electron chi connectivity index (χ0n) is 12.3. The fourth-order valence-electron chi connectivity index (χ4n) is 1.58. The Bertz CT molecular complexity index is 515. The maximum Gasteiger partial charge on any atom is 0.177 e. The van der Waals surface area contributed by atoms with Crippen molar-refractivity contribution in [1.29, 1.82) is 5.26 Å². The third-order valence-corrected chi connectivity index (χ3v) is 3.82. The molecule has 0 atom stereocenters. The van der Waals surface area contributed by atoms with Gasteiger partial charge in [-0.2, -0.15) is 5.26 Å². The Balaban J connectivity index is 2.84. The molecule has 1 rings (SSSR count). The van der Waals surface area contributed by atoms with Crippen molar-refractivity contribution in [2.24, 2.45) is 5.92 Å². The highest BCUT2D eigenvalue weighted by atomic mass is 32.1. The number of hydrogen-bond acceptors (Lipinski definition) is 6. The zero-order chi connectivity index (χ0) is 15.3. The normalized spacial score (nSPS) is 10.8. The Labute approximate surface area is 123 Å². The average Bonchev–Trinajstić information content (AvgIpc) is 2.69. The topological polar surface area (TPSA) is 88.1 Å². The molecule has 0 unspecified atom stereocenters. The van der Waals surface area contributed by atoms with Crippen molar-refractivity contribution in [3.8, 4) is 6.07 Å². The highest BCUT2D eigenvalue weighted by Crippen LogP contribution is 2.36. The molecule has 20 heavy (non-hydrogen) atoms. The predicted octanol–water partition coefficient (Wildman–Crippen LogP) is 2.88. The van der Waals surface area contributed by atoms with Crippen LogP contribution in [0.4, 0.5) is 10.7 Å². The van der Waals surface area contributed by atoms with Crippen LogP contribution in [0.15, 0.2) is 0 Å². The smallest absolute Gasteiger partial charge is 0.177 e. The lowest BCUT2D eigenvalue weighted by Crippen LogP contribution is -2.13. The van der Waals surface area contributed by atoms with Gasteiger partial charge in [-0.25, -0.2) is 0 Å². The third kappa shape index (κ3) is 3.95. The van der Waals surface area contributed by atoms with E-state index < -0.39 is 0 Å². The summed E-state index contributed by atoms with van der Waals surface area (Å²) in [7, 11) is 0. The second-order valence-electron chi connectivity index (χ2n) is 5.03. The number of hydrogen-bond donors (Lipinski definition) is 2. The number of ether oxygens (including phenoxy) is 1. The molecule has 1 heterocycles. The fourth-order valence-corrected chi connectivity index (χ4v) is 2.77. The quantitative estimate of drug-likeness (QED) is 0.596. The molecule has 0 aliphatic heterocycles. The average molecular weight is 295 g/mol. The molecule has 0 aliphatic carbocycles. The maximum atomic E-state index is 12.0. The van der Waals surface area contributed by atoms with E-state index in [4.69, 9.17) is 10.5 Å². The van der Waals surface area contributed by atoms with E-state index in [2.05, 4.69) is 11.4 Å². The summed E-state index contributed by atoms with van der Waals surface area (Å²) in [6.07, 6.45) is 0.165. The van der Waals surface area contributed by atoms with Gasteiger partial charge in [0.2, 0.25) is 0 Å². The monoisotopic (exact) mass is 295 g/mol. The molecule has 0 amide bonds. The van der Waals surface area contributed by atoms with Crippen LogP contribution >= 0.6 is 11.3 Å². The van der Waals surface area contributed by atoms with E-state index in [0.29, 0.717) is 28.6 Å². The number of anilines is 2. The number of carbonyl (C=O) groups excluding carboxylic acids is 1. The molecular formula is C14H21N3O2S. The Morgan fingerprint density at radius 2 is 2.10 bits per heavy atom. The largest absolute Gasteiger partial charge is 0.396 e. The van der Waals surface area contributed by atoms with Crippen LogP contribution in [0.25, 0.3) is 0 Å². The first-order valence-electron chi connectivity index (χ1n) is 6.60. The molecule has 0 spiro atoms. The van der Waals surface area contributed by atoms with Gasteiger partial charge in [0, 0.05) is 12.5 Å². The Morgan fingerprint density at radius 3 is 2.60 bits per heavy atom. The lowest BCUT2D eigenvalue weighted by molar-refractivity contribution is 0.0871. The zero-order valence-corrected chi connectivity index (χ0v) is 13.1. The Morgan fingerprint density at radius 1 is 1.45 bits per heavy atom. The fraction of sp³-hybridized carbons (Fsp3) is 0.571. The number of thiophene rings is 1. The van der Waals surface area contributed by atoms with Gasteiger partial charge in [-0.3, -0.25) is 4.79 Å². The first-order chi connectivity index (χ1) is 9.38. The number of nitrogen functional groups attached to an aromatic ring is 1. The third-order valence-electron chi connectivity index (χ3n) is 2.64. The van der Waals surface area contributed by atoms with Gasteiger partial charge in [0.25, 0.3) is 0 Å². The molecule has 0 radical (unpaired) electrons. The minimum atomic E-state index is -0.139. The standard InChI is InChI=1S/C14H21N3O2S/c1-8(2)12(18)13-11(16)10(7-15)14(20-13)17-5-6-19-9(3)4/h8-9,17H,5-6,16H2,1-4H3. The predicted molar refractivity (Wildman–Crippen MR) is 82.2 cm³/mol. The first kappa shape index (κ1) is 16.5. The number of Topliss-reactive ketones (excluding diaryl/α,β-unsaturated/α-hetero) is 1. The number of carbonyl (C=O) groups is 1. The number of nitrogens with two attached hydrogens (primary N) is 1. The number of rotatable bonds is 7. The molecule has 0 saturated heterocycles. The van der Waals surface area contributed by atoms with Crippen LogP contribution in [0.2, 0.25) is 0 Å². The molecule has 0 aromatic carbocycles. The van der Waals surface area contributed by atoms with Gasteiger partial charge in [0.05, 0.1) is 23.3 Å². The number of nitrogens with zero attached hydrogens (tertiary/aromatic N) is 1. The van der Waals surface area contributed by atoms with Crippen LogP contribution in [0.1, 0.15) is 42.9 Å². The minimum Gasteiger partial charge on any atom is -0.396 e. The van der Waals surface area contributed by atoms with E-state index in [0.717, 1.165) is 0 Å². The van der Waals surface area contributed by atoms with Crippen molar-refractivity contribution in [2.45, 2.75) is 33.8 Å². The van der Waals surface area contributed by atoms with Gasteiger partial charge in [-0.15, -0.1) is 11.3 Å². The van der Waals surface area contributed by atoms with E-state index in [-0.39, 0.29) is 23.5 Å². The summed E-state index contributed by atoms with van der Waals surface area (Å²) in [6.45, 7) is 8.66. The number of nitriles is 1. The lowest BCUT2D eigenvalue weighted by atomic mass is 10.1. The maximum absolute atomic E-state index is 12.0. The van der Waals surface area contributed by atoms with Crippen molar-refractivity contribution >= 4 is 27.8 Å². The van der Waals surface area contributed by atoms with Gasteiger partial charge in [-0.05, 0) is 13.8 Å². The summed E-state index contributed by atoms with van der Waals surface area (Å²) in [5.41, 5.74) is 6.53. The van der Waals surface area contributed by atoms with Crippen molar-refractivity contribution in [3.05, 3.63) is 10.4 Å². The molecule has 6 heteroatoms. The minimum absolute atomic E-state index is 0.0320. The van der Waals surface area contributed by atoms with E-state index >= 15 is 0 Å². The Hall–Kier alpha value is -1.58. The highest BCUT2D eigenvalue weighted by Gasteiger charge is 2.22. The first-order valence-corrected chi connectivity index (χ1v) is 7.42. The number of nitrogens with one attached hydrogen (secondary N) is 1. The van der Waals surface area contributed by atoms with E-state index in [9.17, 15) is 10.1 Å². The summed E-state index contributed by atoms with van der Waals surface area (Å²) in [4.78, 5) is 12.5. The van der Waals surface area contributed by atoms with Crippen molar-refractivity contribution in [2.75, 3.05) is 24.2 Å². The van der Waals surface area contributed by atoms with Crippen LogP contribution in [-0.2, 0) is 4.74 Å².